The van der Waals surface area contributed by atoms with Crippen LogP contribution in [0.4, 0.5) is 5.69 Å². The minimum Gasteiger partial charge on any atom is -0.374 e. The van der Waals surface area contributed by atoms with Gasteiger partial charge < -0.3 is 10.2 Å². The fourth-order valence-corrected chi connectivity index (χ4v) is 2.87. The highest BCUT2D eigenvalue weighted by Gasteiger charge is 2.24. The van der Waals surface area contributed by atoms with Crippen LogP contribution in [-0.4, -0.2) is 29.9 Å². The number of benzene rings is 1. The average Bonchev–Trinajstić information content (AvgIpc) is 2.49. The fourth-order valence-electron chi connectivity index (χ4n) is 2.87. The van der Waals surface area contributed by atoms with Gasteiger partial charge in [0.05, 0.1) is 0 Å². The van der Waals surface area contributed by atoms with Crippen LogP contribution in [0.2, 0.25) is 0 Å². The number of hydrogen-bond donors (Lipinski definition) is 1. The van der Waals surface area contributed by atoms with Crippen molar-refractivity contribution in [1.82, 2.24) is 4.90 Å². The highest BCUT2D eigenvalue weighted by molar-refractivity contribution is 5.84. The molecule has 1 aliphatic heterocycles. The van der Waals surface area contributed by atoms with Crippen molar-refractivity contribution in [1.29, 1.82) is 0 Å². The van der Waals surface area contributed by atoms with Crippen LogP contribution in [0.15, 0.2) is 24.3 Å². The van der Waals surface area contributed by atoms with Crippen LogP contribution in [0.3, 0.4) is 0 Å². The lowest BCUT2D eigenvalue weighted by molar-refractivity contribution is -0.132. The first-order valence-electron chi connectivity index (χ1n) is 8.24. The summed E-state index contributed by atoms with van der Waals surface area (Å²) >= 11 is 0. The third-order valence-electron chi connectivity index (χ3n) is 4.34. The summed E-state index contributed by atoms with van der Waals surface area (Å²) in [7, 11) is 0. The number of nitrogens with one attached hydrogen (secondary N) is 1. The monoisotopic (exact) mass is 288 g/mol. The summed E-state index contributed by atoms with van der Waals surface area (Å²) in [6.07, 6.45) is 4.53. The summed E-state index contributed by atoms with van der Waals surface area (Å²) in [5.41, 5.74) is 2.38. The molecule has 0 spiro atoms. The Labute approximate surface area is 128 Å². The molecule has 3 heteroatoms. The van der Waals surface area contributed by atoms with E-state index in [1.807, 2.05) is 11.8 Å². The van der Waals surface area contributed by atoms with Crippen molar-refractivity contribution < 1.29 is 4.79 Å². The molecule has 1 aromatic rings. The number of carbonyl (C=O) groups is 1. The lowest BCUT2D eigenvalue weighted by Gasteiger charge is -2.32. The van der Waals surface area contributed by atoms with Crippen LogP contribution in [0, 0.1) is 5.92 Å². The van der Waals surface area contributed by atoms with E-state index in [4.69, 9.17) is 0 Å². The second-order valence-electron chi connectivity index (χ2n) is 6.32. The molecule has 1 aliphatic rings. The van der Waals surface area contributed by atoms with Gasteiger partial charge in [-0.3, -0.25) is 4.79 Å². The van der Waals surface area contributed by atoms with Gasteiger partial charge >= 0.3 is 0 Å². The van der Waals surface area contributed by atoms with Crippen molar-refractivity contribution in [3.05, 3.63) is 29.8 Å². The van der Waals surface area contributed by atoms with E-state index >= 15 is 0 Å². The summed E-state index contributed by atoms with van der Waals surface area (Å²) in [6, 6.07) is 8.28. The average molecular weight is 288 g/mol. The molecule has 1 N–H and O–H groups in total. The van der Waals surface area contributed by atoms with E-state index in [9.17, 15) is 4.79 Å². The zero-order valence-electron chi connectivity index (χ0n) is 13.6. The van der Waals surface area contributed by atoms with Crippen molar-refractivity contribution in [2.45, 2.75) is 52.5 Å². The van der Waals surface area contributed by atoms with Crippen LogP contribution < -0.4 is 5.32 Å². The Hall–Kier alpha value is -1.51. The molecule has 21 heavy (non-hydrogen) atoms. The minimum absolute atomic E-state index is 0.157. The van der Waals surface area contributed by atoms with E-state index in [-0.39, 0.29) is 11.9 Å². The Kier molecular flexibility index (Phi) is 5.66. The molecule has 1 atom stereocenters. The van der Waals surface area contributed by atoms with Gasteiger partial charge in [0.2, 0.25) is 5.91 Å². The van der Waals surface area contributed by atoms with E-state index < -0.39 is 0 Å². The highest BCUT2D eigenvalue weighted by atomic mass is 16.2. The van der Waals surface area contributed by atoms with Crippen molar-refractivity contribution in [2.75, 3.05) is 18.4 Å². The molecular formula is C18H28N2O. The van der Waals surface area contributed by atoms with Crippen LogP contribution >= 0.6 is 0 Å². The quantitative estimate of drug-likeness (QED) is 0.896. The van der Waals surface area contributed by atoms with Crippen LogP contribution in [0.1, 0.15) is 45.6 Å². The second kappa shape index (κ2) is 7.48. The minimum atomic E-state index is -0.157. The van der Waals surface area contributed by atoms with Crippen molar-refractivity contribution in [2.24, 2.45) is 5.92 Å². The molecule has 1 amide bonds. The molecule has 0 radical (unpaired) electrons. The van der Waals surface area contributed by atoms with Crippen LogP contribution in [0.25, 0.3) is 0 Å². The van der Waals surface area contributed by atoms with Gasteiger partial charge in [0.15, 0.2) is 0 Å². The predicted octanol–water partition coefficient (Wildman–Crippen LogP) is 3.70. The van der Waals surface area contributed by atoms with Crippen LogP contribution in [0.5, 0.6) is 0 Å². The fraction of sp³-hybridized carbons (Fsp3) is 0.611. The van der Waals surface area contributed by atoms with Crippen LogP contribution in [-0.2, 0) is 11.2 Å². The zero-order valence-corrected chi connectivity index (χ0v) is 13.6. The third kappa shape index (κ3) is 4.48. The Morgan fingerprint density at radius 3 is 2.48 bits per heavy atom. The smallest absolute Gasteiger partial charge is 0.244 e. The molecule has 0 bridgehead atoms. The highest BCUT2D eigenvalue weighted by Crippen LogP contribution is 2.18. The van der Waals surface area contributed by atoms with Gasteiger partial charge in [-0.15, -0.1) is 0 Å². The van der Waals surface area contributed by atoms with E-state index in [0.717, 1.165) is 50.4 Å². The molecule has 0 saturated carbocycles. The molecule has 1 saturated heterocycles. The lowest BCUT2D eigenvalue weighted by atomic mass is 9.99. The first kappa shape index (κ1) is 15.9. The normalized spacial score (nSPS) is 17.6. The molecule has 3 nitrogen and oxygen atoms in total. The molecule has 116 valence electrons. The SMILES string of the molecule is CCCc1ccc(NC(C)C(=O)N2CCC(C)CC2)cc1. The third-order valence-corrected chi connectivity index (χ3v) is 4.34. The van der Waals surface area contributed by atoms with Gasteiger partial charge in [0.1, 0.15) is 6.04 Å². The Morgan fingerprint density at radius 1 is 1.29 bits per heavy atom. The number of amides is 1. The Morgan fingerprint density at radius 2 is 1.90 bits per heavy atom. The van der Waals surface area contributed by atoms with Gasteiger partial charge in [-0.1, -0.05) is 32.4 Å². The number of nitrogens with zero attached hydrogens (tertiary/aromatic N) is 1. The summed E-state index contributed by atoms with van der Waals surface area (Å²) in [5.74, 6) is 0.975. The maximum Gasteiger partial charge on any atom is 0.244 e. The maximum absolute atomic E-state index is 12.4. The summed E-state index contributed by atoms with van der Waals surface area (Å²) in [4.78, 5) is 14.4. The van der Waals surface area contributed by atoms with Crippen molar-refractivity contribution in [3.8, 4) is 0 Å². The number of rotatable bonds is 5. The summed E-state index contributed by atoms with van der Waals surface area (Å²) in [5, 5.41) is 3.33. The maximum atomic E-state index is 12.4. The first-order chi connectivity index (χ1) is 10.1. The number of aryl methyl sites for hydroxylation is 1. The van der Waals surface area contributed by atoms with Gasteiger partial charge in [0.25, 0.3) is 0 Å². The first-order valence-corrected chi connectivity index (χ1v) is 8.24. The van der Waals surface area contributed by atoms with Gasteiger partial charge in [-0.2, -0.15) is 0 Å². The van der Waals surface area contributed by atoms with Gasteiger partial charge in [-0.25, -0.2) is 0 Å². The van der Waals surface area contributed by atoms with Crippen molar-refractivity contribution >= 4 is 11.6 Å². The molecule has 0 aromatic heterocycles. The van der Waals surface area contributed by atoms with E-state index in [2.05, 4.69) is 43.4 Å². The molecule has 1 heterocycles. The number of likely N-dealkylation sites (tertiary alicyclic amines) is 1. The Balaban J connectivity index is 1.88. The lowest BCUT2D eigenvalue weighted by Crippen LogP contribution is -2.45. The predicted molar refractivity (Wildman–Crippen MR) is 88.5 cm³/mol. The van der Waals surface area contributed by atoms with E-state index in [0.29, 0.717) is 0 Å². The Bertz CT molecular complexity index is 447. The molecule has 0 aliphatic carbocycles. The number of piperidine rings is 1. The molecular weight excluding hydrogens is 260 g/mol. The van der Waals surface area contributed by atoms with Gasteiger partial charge in [-0.05, 0) is 49.8 Å². The number of anilines is 1. The summed E-state index contributed by atoms with van der Waals surface area (Å²) in [6.45, 7) is 8.22. The summed E-state index contributed by atoms with van der Waals surface area (Å²) < 4.78 is 0. The van der Waals surface area contributed by atoms with Crippen molar-refractivity contribution in [3.63, 3.8) is 0 Å². The number of carbonyl (C=O) groups excluding carboxylic acids is 1. The molecule has 1 aromatic carbocycles. The van der Waals surface area contributed by atoms with E-state index in [1.165, 1.54) is 5.56 Å². The topological polar surface area (TPSA) is 32.3 Å². The molecule has 1 fully saturated rings. The zero-order chi connectivity index (χ0) is 15.2. The second-order valence-corrected chi connectivity index (χ2v) is 6.32. The molecule has 1 unspecified atom stereocenters. The molecule has 2 rings (SSSR count). The van der Waals surface area contributed by atoms with E-state index in [1.54, 1.807) is 0 Å². The van der Waals surface area contributed by atoms with Gasteiger partial charge in [0, 0.05) is 18.8 Å². The standard InChI is InChI=1S/C18H28N2O/c1-4-5-16-6-8-17(9-7-16)19-15(3)18(21)20-12-10-14(2)11-13-20/h6-9,14-15,19H,4-5,10-13H2,1-3H3. The largest absolute Gasteiger partial charge is 0.374 e. The number of hydrogen-bond acceptors (Lipinski definition) is 2.